The molecule has 0 unspecified atom stereocenters. The first kappa shape index (κ1) is 16.0. The van der Waals surface area contributed by atoms with Gasteiger partial charge in [-0.3, -0.25) is 5.32 Å². The van der Waals surface area contributed by atoms with Crippen LogP contribution in [0.25, 0.3) is 0 Å². The summed E-state index contributed by atoms with van der Waals surface area (Å²) in [5.74, 6) is 0.847. The molecule has 2 fully saturated rings. The molecule has 8 heteroatoms. The molecule has 2 N–H and O–H groups in total. The van der Waals surface area contributed by atoms with Gasteiger partial charge in [0.05, 0.1) is 0 Å². The number of anilines is 1. The van der Waals surface area contributed by atoms with Crippen LogP contribution in [-0.4, -0.2) is 45.9 Å². The normalized spacial score (nSPS) is 21.1. The highest BCUT2D eigenvalue weighted by Crippen LogP contribution is 2.39. The molecule has 2 aliphatic rings. The lowest BCUT2D eigenvalue weighted by Gasteiger charge is -2.38. The Hall–Kier alpha value is -1.83. The lowest BCUT2D eigenvalue weighted by Crippen LogP contribution is -2.55. The zero-order chi connectivity index (χ0) is 16.7. The predicted octanol–water partition coefficient (Wildman–Crippen LogP) is 2.88. The number of urea groups is 1. The van der Waals surface area contributed by atoms with E-state index in [1.54, 1.807) is 12.1 Å². The number of halogens is 3. The maximum atomic E-state index is 12.7. The first-order chi connectivity index (χ1) is 10.8. The van der Waals surface area contributed by atoms with E-state index in [4.69, 9.17) is 0 Å². The molecular formula is C15H18F3N3O2. The van der Waals surface area contributed by atoms with Crippen LogP contribution in [0.15, 0.2) is 18.2 Å². The highest BCUT2D eigenvalue weighted by molar-refractivity contribution is 5.88. The number of hydrogen-bond donors (Lipinski definition) is 2. The Kier molecular flexibility index (Phi) is 3.95. The summed E-state index contributed by atoms with van der Waals surface area (Å²) >= 11 is 0. The molecule has 23 heavy (non-hydrogen) atoms. The maximum absolute atomic E-state index is 12.7. The van der Waals surface area contributed by atoms with Gasteiger partial charge in [-0.05, 0) is 25.0 Å². The van der Waals surface area contributed by atoms with Crippen LogP contribution in [0.3, 0.4) is 0 Å². The van der Waals surface area contributed by atoms with Crippen molar-refractivity contribution in [1.29, 1.82) is 0 Å². The Morgan fingerprint density at radius 3 is 2.52 bits per heavy atom. The van der Waals surface area contributed by atoms with Gasteiger partial charge in [0.15, 0.2) is 5.60 Å². The molecule has 126 valence electrons. The molecule has 0 aromatic carbocycles. The van der Waals surface area contributed by atoms with Gasteiger partial charge in [0.1, 0.15) is 5.82 Å². The molecule has 3 rings (SSSR count). The molecule has 1 aromatic rings. The fourth-order valence-corrected chi connectivity index (χ4v) is 2.68. The first-order valence-corrected chi connectivity index (χ1v) is 7.60. The number of pyridine rings is 1. The fourth-order valence-electron chi connectivity index (χ4n) is 2.68. The second-order valence-electron chi connectivity index (χ2n) is 6.17. The van der Waals surface area contributed by atoms with E-state index in [0.29, 0.717) is 11.7 Å². The number of hydrogen-bond acceptors (Lipinski definition) is 3. The van der Waals surface area contributed by atoms with Crippen LogP contribution >= 0.6 is 0 Å². The Morgan fingerprint density at radius 1 is 1.30 bits per heavy atom. The molecule has 1 aromatic heterocycles. The minimum absolute atomic E-state index is 0.149. The third kappa shape index (κ3) is 3.41. The van der Waals surface area contributed by atoms with Gasteiger partial charge >= 0.3 is 12.2 Å². The van der Waals surface area contributed by atoms with E-state index in [-0.39, 0.29) is 13.1 Å². The number of carbonyl (C=O) groups excluding carboxylic acids is 1. The number of nitrogens with zero attached hydrogens (tertiary/aromatic N) is 2. The topological polar surface area (TPSA) is 65.5 Å². The van der Waals surface area contributed by atoms with Crippen molar-refractivity contribution in [3.63, 3.8) is 0 Å². The van der Waals surface area contributed by atoms with Crippen LogP contribution < -0.4 is 5.32 Å². The molecule has 2 heterocycles. The van der Waals surface area contributed by atoms with Gasteiger partial charge < -0.3 is 10.0 Å². The zero-order valence-corrected chi connectivity index (χ0v) is 12.4. The molecule has 1 aliphatic carbocycles. The lowest BCUT2D eigenvalue weighted by molar-refractivity contribution is -0.271. The van der Waals surface area contributed by atoms with E-state index >= 15 is 0 Å². The zero-order valence-electron chi connectivity index (χ0n) is 12.4. The van der Waals surface area contributed by atoms with Gasteiger partial charge in [0.2, 0.25) is 0 Å². The Balaban J connectivity index is 1.58. The van der Waals surface area contributed by atoms with Crippen LogP contribution in [0, 0.1) is 0 Å². The summed E-state index contributed by atoms with van der Waals surface area (Å²) in [4.78, 5) is 17.8. The standard InChI is InChI=1S/C15H18F3N3O2/c16-15(17,18)14(23)6-8-21(9-7-14)13(22)20-12-3-1-2-11(19-12)10-4-5-10/h1-3,10,23H,4-9H2,(H,19,20,22). The monoisotopic (exact) mass is 329 g/mol. The average Bonchev–Trinajstić information content (AvgIpc) is 3.31. The van der Waals surface area contributed by atoms with Gasteiger partial charge in [-0.25, -0.2) is 9.78 Å². The van der Waals surface area contributed by atoms with Gasteiger partial charge in [-0.2, -0.15) is 13.2 Å². The highest BCUT2D eigenvalue weighted by atomic mass is 19.4. The Bertz CT molecular complexity index is 594. The third-order valence-corrected chi connectivity index (χ3v) is 4.41. The second-order valence-corrected chi connectivity index (χ2v) is 6.17. The third-order valence-electron chi connectivity index (χ3n) is 4.41. The van der Waals surface area contributed by atoms with E-state index in [9.17, 15) is 23.1 Å². The van der Waals surface area contributed by atoms with E-state index in [1.807, 2.05) is 6.07 Å². The highest BCUT2D eigenvalue weighted by Gasteiger charge is 2.54. The number of piperidine rings is 1. The predicted molar refractivity (Wildman–Crippen MR) is 77.0 cm³/mol. The van der Waals surface area contributed by atoms with Crippen LogP contribution in [0.4, 0.5) is 23.8 Å². The number of nitrogens with one attached hydrogen (secondary N) is 1. The summed E-state index contributed by atoms with van der Waals surface area (Å²) in [5.41, 5.74) is -1.78. The fraction of sp³-hybridized carbons (Fsp3) is 0.600. The summed E-state index contributed by atoms with van der Waals surface area (Å²) in [7, 11) is 0. The number of likely N-dealkylation sites (tertiary alicyclic amines) is 1. The second kappa shape index (κ2) is 5.67. The number of aromatic nitrogens is 1. The average molecular weight is 329 g/mol. The molecule has 2 amide bonds. The summed E-state index contributed by atoms with van der Waals surface area (Å²) < 4.78 is 38.2. The van der Waals surface area contributed by atoms with Crippen LogP contribution in [-0.2, 0) is 0 Å². The molecule has 0 radical (unpaired) electrons. The largest absolute Gasteiger partial charge is 0.417 e. The SMILES string of the molecule is O=C(Nc1cccc(C2CC2)n1)N1CCC(O)(C(F)(F)F)CC1. The van der Waals surface area contributed by atoms with Crippen LogP contribution in [0.5, 0.6) is 0 Å². The minimum atomic E-state index is -4.67. The van der Waals surface area contributed by atoms with E-state index in [0.717, 1.165) is 18.5 Å². The van der Waals surface area contributed by atoms with Crippen molar-refractivity contribution in [2.24, 2.45) is 0 Å². The minimum Gasteiger partial charge on any atom is -0.380 e. The molecule has 1 aliphatic heterocycles. The van der Waals surface area contributed by atoms with Crippen molar-refractivity contribution >= 4 is 11.8 Å². The van der Waals surface area contributed by atoms with E-state index in [2.05, 4.69) is 10.3 Å². The molecule has 5 nitrogen and oxygen atoms in total. The summed E-state index contributed by atoms with van der Waals surface area (Å²) in [5, 5.41) is 12.2. The van der Waals surface area contributed by atoms with Crippen LogP contribution in [0.1, 0.15) is 37.3 Å². The van der Waals surface area contributed by atoms with Crippen molar-refractivity contribution in [3.8, 4) is 0 Å². The molecular weight excluding hydrogens is 311 g/mol. The molecule has 0 atom stereocenters. The van der Waals surface area contributed by atoms with E-state index < -0.39 is 30.7 Å². The van der Waals surface area contributed by atoms with Crippen molar-refractivity contribution in [1.82, 2.24) is 9.88 Å². The van der Waals surface area contributed by atoms with E-state index in [1.165, 1.54) is 4.90 Å². The summed E-state index contributed by atoms with van der Waals surface area (Å²) in [6, 6.07) is 4.86. The maximum Gasteiger partial charge on any atom is 0.417 e. The molecule has 1 saturated heterocycles. The van der Waals surface area contributed by atoms with Crippen molar-refractivity contribution in [2.45, 2.75) is 43.4 Å². The molecule has 0 bridgehead atoms. The van der Waals surface area contributed by atoms with Crippen molar-refractivity contribution in [2.75, 3.05) is 18.4 Å². The number of carbonyl (C=O) groups is 1. The number of rotatable bonds is 2. The van der Waals surface area contributed by atoms with Gasteiger partial charge in [0, 0.05) is 37.5 Å². The van der Waals surface area contributed by atoms with Gasteiger partial charge in [-0.1, -0.05) is 6.07 Å². The quantitative estimate of drug-likeness (QED) is 0.877. The molecule has 0 spiro atoms. The first-order valence-electron chi connectivity index (χ1n) is 7.60. The lowest BCUT2D eigenvalue weighted by atomic mass is 9.91. The number of amides is 2. The van der Waals surface area contributed by atoms with Crippen LogP contribution in [0.2, 0.25) is 0 Å². The van der Waals surface area contributed by atoms with Gasteiger partial charge in [-0.15, -0.1) is 0 Å². The van der Waals surface area contributed by atoms with Crippen molar-refractivity contribution in [3.05, 3.63) is 23.9 Å². The Morgan fingerprint density at radius 2 is 1.96 bits per heavy atom. The number of alkyl halides is 3. The Labute approximate surface area is 131 Å². The van der Waals surface area contributed by atoms with Crippen molar-refractivity contribution < 1.29 is 23.1 Å². The summed E-state index contributed by atoms with van der Waals surface area (Å²) in [6.45, 7) is -0.297. The molecule has 1 saturated carbocycles. The smallest absolute Gasteiger partial charge is 0.380 e. The number of aliphatic hydroxyl groups is 1. The van der Waals surface area contributed by atoms with Gasteiger partial charge in [0.25, 0.3) is 0 Å². The summed E-state index contributed by atoms with van der Waals surface area (Å²) in [6.07, 6.45) is -3.52.